The Morgan fingerprint density at radius 3 is 2.62 bits per heavy atom. The maximum atomic E-state index is 9.83. The molecule has 0 aliphatic carbocycles. The van der Waals surface area contributed by atoms with Crippen molar-refractivity contribution >= 4 is 17.0 Å². The van der Waals surface area contributed by atoms with Gasteiger partial charge in [0.2, 0.25) is 0 Å². The Hall–Kier alpha value is -1.83. The van der Waals surface area contributed by atoms with Gasteiger partial charge in [0, 0.05) is 17.8 Å². The number of rotatable bonds is 2. The molecule has 2 nitrogen and oxygen atoms in total. The number of hydrogen-bond donors (Lipinski definition) is 1. The zero-order chi connectivity index (χ0) is 11.5. The van der Waals surface area contributed by atoms with Crippen molar-refractivity contribution in [3.8, 4) is 5.75 Å². The predicted octanol–water partition coefficient (Wildman–Crippen LogP) is 3.37. The molecule has 2 rings (SSSR count). The zero-order valence-corrected chi connectivity index (χ0v) is 9.51. The van der Waals surface area contributed by atoms with Crippen LogP contribution in [0.2, 0.25) is 0 Å². The van der Waals surface area contributed by atoms with Crippen molar-refractivity contribution in [3.63, 3.8) is 0 Å². The molecule has 0 fully saturated rings. The maximum Gasteiger partial charge on any atom is 0.124 e. The Bertz CT molecular complexity index is 529. The first-order valence-corrected chi connectivity index (χ1v) is 5.42. The quantitative estimate of drug-likeness (QED) is 0.762. The molecule has 16 heavy (non-hydrogen) atoms. The lowest BCUT2D eigenvalue weighted by molar-refractivity contribution is 0.475. The van der Waals surface area contributed by atoms with Crippen molar-refractivity contribution in [2.24, 2.45) is 4.99 Å². The average Bonchev–Trinajstić information content (AvgIpc) is 2.27. The van der Waals surface area contributed by atoms with Crippen molar-refractivity contribution in [1.29, 1.82) is 0 Å². The molecule has 0 unspecified atom stereocenters. The second kappa shape index (κ2) is 4.35. The fourth-order valence-electron chi connectivity index (χ4n) is 1.64. The SMILES string of the molecule is CC(C)N=Cc1c(O)ccc2ccccc12. The first-order valence-electron chi connectivity index (χ1n) is 5.42. The Morgan fingerprint density at radius 2 is 1.88 bits per heavy atom. The molecule has 2 aromatic carbocycles. The van der Waals surface area contributed by atoms with Crippen LogP contribution in [0.25, 0.3) is 10.8 Å². The van der Waals surface area contributed by atoms with E-state index in [2.05, 4.69) is 4.99 Å². The minimum atomic E-state index is 0.235. The predicted molar refractivity (Wildman–Crippen MR) is 68.3 cm³/mol. The molecule has 0 spiro atoms. The maximum absolute atomic E-state index is 9.83. The van der Waals surface area contributed by atoms with Gasteiger partial charge in [-0.3, -0.25) is 4.99 Å². The van der Waals surface area contributed by atoms with E-state index in [-0.39, 0.29) is 11.8 Å². The summed E-state index contributed by atoms with van der Waals surface area (Å²) in [4.78, 5) is 4.32. The average molecular weight is 213 g/mol. The van der Waals surface area contributed by atoms with Gasteiger partial charge in [-0.1, -0.05) is 30.3 Å². The minimum Gasteiger partial charge on any atom is -0.507 e. The number of phenolic OH excluding ortho intramolecular Hbond substituents is 1. The molecule has 2 aromatic rings. The van der Waals surface area contributed by atoms with Gasteiger partial charge in [0.05, 0.1) is 0 Å². The Balaban J connectivity index is 2.61. The second-order valence-corrected chi connectivity index (χ2v) is 4.09. The highest BCUT2D eigenvalue weighted by Crippen LogP contribution is 2.25. The van der Waals surface area contributed by atoms with Gasteiger partial charge in [0.15, 0.2) is 0 Å². The van der Waals surface area contributed by atoms with Gasteiger partial charge in [-0.25, -0.2) is 0 Å². The Labute approximate surface area is 95.3 Å². The van der Waals surface area contributed by atoms with E-state index in [1.807, 2.05) is 44.2 Å². The number of aliphatic imine (C=N–C) groups is 1. The molecular formula is C14H15NO. The smallest absolute Gasteiger partial charge is 0.124 e. The third-order valence-electron chi connectivity index (χ3n) is 2.45. The van der Waals surface area contributed by atoms with Gasteiger partial charge in [-0.2, -0.15) is 0 Å². The van der Waals surface area contributed by atoms with Crippen molar-refractivity contribution < 1.29 is 5.11 Å². The fourth-order valence-corrected chi connectivity index (χ4v) is 1.64. The van der Waals surface area contributed by atoms with Gasteiger partial charge in [-0.05, 0) is 30.7 Å². The summed E-state index contributed by atoms with van der Waals surface area (Å²) in [5.74, 6) is 0.281. The van der Waals surface area contributed by atoms with Crippen molar-refractivity contribution in [2.75, 3.05) is 0 Å². The van der Waals surface area contributed by atoms with Crippen molar-refractivity contribution in [3.05, 3.63) is 42.0 Å². The highest BCUT2D eigenvalue weighted by Gasteiger charge is 2.03. The molecule has 0 saturated heterocycles. The number of fused-ring (bicyclic) bond motifs is 1. The lowest BCUT2D eigenvalue weighted by atomic mass is 10.0. The summed E-state index contributed by atoms with van der Waals surface area (Å²) in [5.41, 5.74) is 0.798. The van der Waals surface area contributed by atoms with E-state index in [4.69, 9.17) is 0 Å². The molecule has 82 valence electrons. The summed E-state index contributed by atoms with van der Waals surface area (Å²) in [6.45, 7) is 4.03. The highest BCUT2D eigenvalue weighted by atomic mass is 16.3. The van der Waals surface area contributed by atoms with Crippen LogP contribution in [0.5, 0.6) is 5.75 Å². The van der Waals surface area contributed by atoms with E-state index in [9.17, 15) is 5.11 Å². The van der Waals surface area contributed by atoms with Crippen molar-refractivity contribution in [2.45, 2.75) is 19.9 Å². The highest BCUT2D eigenvalue weighted by molar-refractivity contribution is 6.02. The Kier molecular flexibility index (Phi) is 2.91. The van der Waals surface area contributed by atoms with Crippen LogP contribution >= 0.6 is 0 Å². The molecule has 0 aliphatic rings. The first-order chi connectivity index (χ1) is 7.68. The number of phenols is 1. The van der Waals surface area contributed by atoms with Gasteiger partial charge < -0.3 is 5.11 Å². The molecular weight excluding hydrogens is 198 g/mol. The van der Waals surface area contributed by atoms with Gasteiger partial charge in [0.1, 0.15) is 5.75 Å². The van der Waals surface area contributed by atoms with Crippen LogP contribution in [0.15, 0.2) is 41.4 Å². The summed E-state index contributed by atoms with van der Waals surface area (Å²) >= 11 is 0. The topological polar surface area (TPSA) is 32.6 Å². The summed E-state index contributed by atoms with van der Waals surface area (Å²) in [6.07, 6.45) is 1.75. The molecule has 0 saturated carbocycles. The van der Waals surface area contributed by atoms with E-state index in [1.165, 1.54) is 0 Å². The molecule has 0 heterocycles. The number of benzene rings is 2. The van der Waals surface area contributed by atoms with Crippen LogP contribution in [-0.2, 0) is 0 Å². The van der Waals surface area contributed by atoms with E-state index >= 15 is 0 Å². The minimum absolute atomic E-state index is 0.235. The van der Waals surface area contributed by atoms with Crippen LogP contribution < -0.4 is 0 Å². The summed E-state index contributed by atoms with van der Waals surface area (Å²) in [6, 6.07) is 11.8. The number of nitrogens with zero attached hydrogens (tertiary/aromatic N) is 1. The molecule has 2 heteroatoms. The van der Waals surface area contributed by atoms with E-state index in [0.717, 1.165) is 16.3 Å². The largest absolute Gasteiger partial charge is 0.507 e. The summed E-state index contributed by atoms with van der Waals surface area (Å²) in [5, 5.41) is 12.0. The number of aromatic hydroxyl groups is 1. The van der Waals surface area contributed by atoms with Gasteiger partial charge >= 0.3 is 0 Å². The van der Waals surface area contributed by atoms with E-state index in [1.54, 1.807) is 12.3 Å². The molecule has 0 bridgehead atoms. The molecule has 0 aromatic heterocycles. The zero-order valence-electron chi connectivity index (χ0n) is 9.51. The first kappa shape index (κ1) is 10.7. The fraction of sp³-hybridized carbons (Fsp3) is 0.214. The molecule has 0 amide bonds. The standard InChI is InChI=1S/C14H15NO/c1-10(2)15-9-13-12-6-4-3-5-11(12)7-8-14(13)16/h3-10,16H,1-2H3. The summed E-state index contributed by atoms with van der Waals surface area (Å²) in [7, 11) is 0. The molecule has 0 atom stereocenters. The number of hydrogen-bond acceptors (Lipinski definition) is 2. The Morgan fingerprint density at radius 1 is 1.12 bits per heavy atom. The van der Waals surface area contributed by atoms with Gasteiger partial charge in [-0.15, -0.1) is 0 Å². The van der Waals surface area contributed by atoms with Crippen LogP contribution in [0.3, 0.4) is 0 Å². The lowest BCUT2D eigenvalue weighted by Gasteiger charge is -2.05. The van der Waals surface area contributed by atoms with E-state index < -0.39 is 0 Å². The second-order valence-electron chi connectivity index (χ2n) is 4.09. The molecule has 1 N–H and O–H groups in total. The monoisotopic (exact) mass is 213 g/mol. The summed E-state index contributed by atoms with van der Waals surface area (Å²) < 4.78 is 0. The van der Waals surface area contributed by atoms with Gasteiger partial charge in [0.25, 0.3) is 0 Å². The third kappa shape index (κ3) is 2.06. The van der Waals surface area contributed by atoms with Crippen LogP contribution in [-0.4, -0.2) is 17.4 Å². The lowest BCUT2D eigenvalue weighted by Crippen LogP contribution is -1.92. The van der Waals surface area contributed by atoms with Crippen LogP contribution in [0, 0.1) is 0 Å². The van der Waals surface area contributed by atoms with Crippen LogP contribution in [0.4, 0.5) is 0 Å². The third-order valence-corrected chi connectivity index (χ3v) is 2.45. The van der Waals surface area contributed by atoms with Crippen molar-refractivity contribution in [1.82, 2.24) is 0 Å². The van der Waals surface area contributed by atoms with E-state index in [0.29, 0.717) is 0 Å². The normalized spacial score (nSPS) is 11.7. The molecule has 0 aliphatic heterocycles. The van der Waals surface area contributed by atoms with Crippen LogP contribution in [0.1, 0.15) is 19.4 Å². The molecule has 0 radical (unpaired) electrons.